The molecule has 3 rings (SSSR count). The van der Waals surface area contributed by atoms with E-state index in [9.17, 15) is 9.18 Å². The lowest BCUT2D eigenvalue weighted by Crippen LogP contribution is -2.59. The van der Waals surface area contributed by atoms with Crippen molar-refractivity contribution in [1.82, 2.24) is 9.80 Å². The molecule has 0 aliphatic carbocycles. The highest BCUT2D eigenvalue weighted by atomic mass is 19.1. The van der Waals surface area contributed by atoms with Crippen LogP contribution in [0.25, 0.3) is 0 Å². The molecule has 1 amide bonds. The van der Waals surface area contributed by atoms with Crippen LogP contribution in [-0.2, 0) is 16.1 Å². The van der Waals surface area contributed by atoms with Gasteiger partial charge < -0.3 is 14.4 Å². The number of carbonyl (C=O) groups is 1. The van der Waals surface area contributed by atoms with Crippen LogP contribution < -0.4 is 4.74 Å². The standard InChI is InChI=1S/C18H25FN2O3/c1-20-8-4-3-7-18(17(20)22)13-21(9-10-24-18)12-14-11-15(23-2)5-6-16(14)19/h5-6,11H,3-4,7-10,12-13H2,1-2H3. The van der Waals surface area contributed by atoms with Gasteiger partial charge in [-0.2, -0.15) is 0 Å². The van der Waals surface area contributed by atoms with Gasteiger partial charge in [-0.1, -0.05) is 0 Å². The first-order chi connectivity index (χ1) is 11.5. The second-order valence-electron chi connectivity index (χ2n) is 6.69. The zero-order valence-electron chi connectivity index (χ0n) is 14.4. The summed E-state index contributed by atoms with van der Waals surface area (Å²) in [4.78, 5) is 16.6. The van der Waals surface area contributed by atoms with E-state index in [0.29, 0.717) is 37.6 Å². The minimum absolute atomic E-state index is 0.0517. The monoisotopic (exact) mass is 336 g/mol. The van der Waals surface area contributed by atoms with Crippen LogP contribution in [0.4, 0.5) is 4.39 Å². The Morgan fingerprint density at radius 3 is 2.96 bits per heavy atom. The maximum atomic E-state index is 14.1. The zero-order chi connectivity index (χ0) is 17.2. The lowest BCUT2D eigenvalue weighted by atomic mass is 9.94. The van der Waals surface area contributed by atoms with Gasteiger partial charge in [-0.25, -0.2) is 4.39 Å². The van der Waals surface area contributed by atoms with Gasteiger partial charge in [0.25, 0.3) is 5.91 Å². The molecule has 1 aromatic rings. The molecule has 0 saturated carbocycles. The maximum absolute atomic E-state index is 14.1. The summed E-state index contributed by atoms with van der Waals surface area (Å²) in [6.07, 6.45) is 2.70. The number of morpholine rings is 1. The lowest BCUT2D eigenvalue weighted by molar-refractivity contribution is -0.169. The predicted octanol–water partition coefficient (Wildman–Crippen LogP) is 2.05. The molecule has 2 saturated heterocycles. The Hall–Kier alpha value is -1.66. The van der Waals surface area contributed by atoms with Crippen molar-refractivity contribution in [2.24, 2.45) is 0 Å². The average Bonchev–Trinajstić information content (AvgIpc) is 2.71. The molecule has 2 aliphatic heterocycles. The molecular weight excluding hydrogens is 311 g/mol. The molecule has 0 aromatic heterocycles. The molecule has 0 radical (unpaired) electrons. The molecule has 5 nitrogen and oxygen atoms in total. The van der Waals surface area contributed by atoms with E-state index in [1.807, 2.05) is 7.05 Å². The molecule has 2 fully saturated rings. The topological polar surface area (TPSA) is 42.0 Å². The van der Waals surface area contributed by atoms with Crippen LogP contribution in [0.1, 0.15) is 24.8 Å². The van der Waals surface area contributed by atoms with Crippen molar-refractivity contribution < 1.29 is 18.7 Å². The van der Waals surface area contributed by atoms with Gasteiger partial charge in [0.15, 0.2) is 5.60 Å². The van der Waals surface area contributed by atoms with Crippen LogP contribution in [0.3, 0.4) is 0 Å². The molecule has 0 bridgehead atoms. The van der Waals surface area contributed by atoms with Crippen molar-refractivity contribution in [1.29, 1.82) is 0 Å². The first kappa shape index (κ1) is 17.2. The first-order valence-corrected chi connectivity index (χ1v) is 8.48. The van der Waals surface area contributed by atoms with E-state index in [1.54, 1.807) is 24.1 Å². The van der Waals surface area contributed by atoms with Crippen molar-refractivity contribution in [3.63, 3.8) is 0 Å². The Morgan fingerprint density at radius 1 is 1.33 bits per heavy atom. The van der Waals surface area contributed by atoms with Gasteiger partial charge in [0.2, 0.25) is 0 Å². The van der Waals surface area contributed by atoms with Gasteiger partial charge in [-0.15, -0.1) is 0 Å². The molecule has 24 heavy (non-hydrogen) atoms. The van der Waals surface area contributed by atoms with E-state index >= 15 is 0 Å². The highest BCUT2D eigenvalue weighted by Crippen LogP contribution is 2.30. The van der Waals surface area contributed by atoms with Crippen LogP contribution in [0.5, 0.6) is 5.75 Å². The number of hydrogen-bond acceptors (Lipinski definition) is 4. The lowest BCUT2D eigenvalue weighted by Gasteiger charge is -2.42. The van der Waals surface area contributed by atoms with Gasteiger partial charge in [0.05, 0.1) is 13.7 Å². The number of methoxy groups -OCH3 is 1. The van der Waals surface area contributed by atoms with Crippen molar-refractivity contribution >= 4 is 5.91 Å². The van der Waals surface area contributed by atoms with Crippen molar-refractivity contribution in [2.75, 3.05) is 40.4 Å². The highest BCUT2D eigenvalue weighted by Gasteiger charge is 2.45. The smallest absolute Gasteiger partial charge is 0.255 e. The van der Waals surface area contributed by atoms with E-state index in [0.717, 1.165) is 25.8 Å². The second kappa shape index (κ2) is 7.07. The molecule has 1 spiro atoms. The third-order valence-corrected chi connectivity index (χ3v) is 4.97. The van der Waals surface area contributed by atoms with Crippen LogP contribution in [0.2, 0.25) is 0 Å². The Balaban J connectivity index is 1.77. The molecule has 2 aliphatic rings. The maximum Gasteiger partial charge on any atom is 0.255 e. The summed E-state index contributed by atoms with van der Waals surface area (Å²) in [6, 6.07) is 4.76. The fraction of sp³-hybridized carbons (Fsp3) is 0.611. The van der Waals surface area contributed by atoms with Gasteiger partial charge in [0, 0.05) is 38.8 Å². The summed E-state index contributed by atoms with van der Waals surface area (Å²) in [7, 11) is 3.40. The molecule has 1 atom stereocenters. The van der Waals surface area contributed by atoms with Crippen LogP contribution in [-0.4, -0.2) is 61.7 Å². The molecule has 1 aromatic carbocycles. The van der Waals surface area contributed by atoms with E-state index in [1.165, 1.54) is 6.07 Å². The molecule has 6 heteroatoms. The number of likely N-dealkylation sites (tertiary alicyclic amines) is 1. The van der Waals surface area contributed by atoms with E-state index in [4.69, 9.17) is 9.47 Å². The number of likely N-dealkylation sites (N-methyl/N-ethyl adjacent to an activating group) is 1. The zero-order valence-corrected chi connectivity index (χ0v) is 14.4. The number of halogens is 1. The second-order valence-corrected chi connectivity index (χ2v) is 6.69. The molecule has 132 valence electrons. The molecule has 1 unspecified atom stereocenters. The van der Waals surface area contributed by atoms with Crippen LogP contribution in [0.15, 0.2) is 18.2 Å². The SMILES string of the molecule is COc1ccc(F)c(CN2CCOC3(CCCCN(C)C3=O)C2)c1. The molecular formula is C18H25FN2O3. The Bertz CT molecular complexity index is 610. The Morgan fingerprint density at radius 2 is 2.17 bits per heavy atom. The third kappa shape index (κ3) is 3.39. The minimum Gasteiger partial charge on any atom is -0.497 e. The quantitative estimate of drug-likeness (QED) is 0.847. The summed E-state index contributed by atoms with van der Waals surface area (Å²) in [5.74, 6) is 0.441. The number of amides is 1. The normalized spacial score (nSPS) is 25.8. The number of rotatable bonds is 3. The van der Waals surface area contributed by atoms with E-state index in [2.05, 4.69) is 4.90 Å². The number of carbonyl (C=O) groups excluding carboxylic acids is 1. The minimum atomic E-state index is -0.779. The Labute approximate surface area is 142 Å². The molecule has 2 heterocycles. The van der Waals surface area contributed by atoms with Crippen molar-refractivity contribution in [3.8, 4) is 5.75 Å². The van der Waals surface area contributed by atoms with Crippen molar-refractivity contribution in [3.05, 3.63) is 29.6 Å². The molecule has 0 N–H and O–H groups in total. The largest absolute Gasteiger partial charge is 0.497 e. The van der Waals surface area contributed by atoms with E-state index < -0.39 is 5.60 Å². The Kier molecular flexibility index (Phi) is 5.06. The number of nitrogens with zero attached hydrogens (tertiary/aromatic N) is 2. The van der Waals surface area contributed by atoms with Gasteiger partial charge >= 0.3 is 0 Å². The number of benzene rings is 1. The summed E-state index contributed by atoms with van der Waals surface area (Å²) >= 11 is 0. The first-order valence-electron chi connectivity index (χ1n) is 8.48. The summed E-state index contributed by atoms with van der Waals surface area (Å²) in [5, 5.41) is 0. The summed E-state index contributed by atoms with van der Waals surface area (Å²) < 4.78 is 25.3. The van der Waals surface area contributed by atoms with Gasteiger partial charge in [-0.3, -0.25) is 9.69 Å². The number of ether oxygens (including phenoxy) is 2. The van der Waals surface area contributed by atoms with Crippen LogP contribution >= 0.6 is 0 Å². The average molecular weight is 336 g/mol. The third-order valence-electron chi connectivity index (χ3n) is 4.97. The summed E-state index contributed by atoms with van der Waals surface area (Å²) in [6.45, 7) is 2.91. The van der Waals surface area contributed by atoms with Gasteiger partial charge in [0.1, 0.15) is 11.6 Å². The fourth-order valence-electron chi connectivity index (χ4n) is 3.63. The van der Waals surface area contributed by atoms with Gasteiger partial charge in [-0.05, 0) is 37.5 Å². The summed E-state index contributed by atoms with van der Waals surface area (Å²) in [5.41, 5.74) is -0.195. The number of hydrogen-bond donors (Lipinski definition) is 0. The van der Waals surface area contributed by atoms with Crippen LogP contribution in [0, 0.1) is 5.82 Å². The van der Waals surface area contributed by atoms with E-state index in [-0.39, 0.29) is 11.7 Å². The highest BCUT2D eigenvalue weighted by molar-refractivity contribution is 5.85. The predicted molar refractivity (Wildman–Crippen MR) is 88.4 cm³/mol. The fourth-order valence-corrected chi connectivity index (χ4v) is 3.63. The van der Waals surface area contributed by atoms with Crippen molar-refractivity contribution in [2.45, 2.75) is 31.4 Å².